The van der Waals surface area contributed by atoms with Gasteiger partial charge in [-0.15, -0.1) is 0 Å². The highest BCUT2D eigenvalue weighted by molar-refractivity contribution is 5.74. The quantitative estimate of drug-likeness (QED) is 0.464. The summed E-state index contributed by atoms with van der Waals surface area (Å²) in [6, 6.07) is -0.0579. The minimum atomic E-state index is -0.757. The summed E-state index contributed by atoms with van der Waals surface area (Å²) in [4.78, 5) is 9.89. The number of rotatable bonds is 1. The van der Waals surface area contributed by atoms with E-state index in [0.29, 0.717) is 6.42 Å². The van der Waals surface area contributed by atoms with Crippen LogP contribution in [0.3, 0.4) is 0 Å². The first kappa shape index (κ1) is 4.59. The van der Waals surface area contributed by atoms with Gasteiger partial charge in [0.15, 0.2) is 0 Å². The van der Waals surface area contributed by atoms with Crippen molar-refractivity contribution in [2.75, 3.05) is 0 Å². The van der Waals surface area contributed by atoms with E-state index < -0.39 is 5.97 Å². The van der Waals surface area contributed by atoms with E-state index in [1.165, 1.54) is 0 Å². The molecule has 0 heterocycles. The molecule has 1 rings (SSSR count). The lowest BCUT2D eigenvalue weighted by Crippen LogP contribution is -2.08. The van der Waals surface area contributed by atoms with Gasteiger partial charge in [0.2, 0.25) is 0 Å². The first-order valence-corrected chi connectivity index (χ1v) is 2.20. The van der Waals surface area contributed by atoms with Gasteiger partial charge in [0.1, 0.15) is 0 Å². The van der Waals surface area contributed by atoms with E-state index in [-0.39, 0.29) is 12.0 Å². The fourth-order valence-electron chi connectivity index (χ4n) is 0.499. The van der Waals surface area contributed by atoms with Crippen LogP contribution in [-0.2, 0) is 4.79 Å². The number of carboxylic acids is 1. The van der Waals surface area contributed by atoms with Crippen LogP contribution in [0.1, 0.15) is 6.42 Å². The summed E-state index contributed by atoms with van der Waals surface area (Å²) >= 11 is 0. The Bertz CT molecular complexity index is 102. The maximum Gasteiger partial charge on any atom is 0.308 e. The Morgan fingerprint density at radius 2 is 2.29 bits per heavy atom. The van der Waals surface area contributed by atoms with E-state index in [1.807, 2.05) is 0 Å². The van der Waals surface area contributed by atoms with Crippen molar-refractivity contribution in [3.63, 3.8) is 0 Å². The summed E-state index contributed by atoms with van der Waals surface area (Å²) in [7, 11) is 0. The minimum absolute atomic E-state index is 0.0579. The average molecular weight is 101 g/mol. The maximum atomic E-state index is 9.89. The fraction of sp³-hybridized carbons (Fsp3) is 0.750. The Labute approximate surface area is 41.1 Å². The van der Waals surface area contributed by atoms with Gasteiger partial charge < -0.3 is 10.8 Å². The van der Waals surface area contributed by atoms with E-state index in [4.69, 9.17) is 10.8 Å². The zero-order valence-corrected chi connectivity index (χ0v) is 3.79. The van der Waals surface area contributed by atoms with Crippen molar-refractivity contribution in [3.05, 3.63) is 0 Å². The molecule has 0 aromatic rings. The normalized spacial score (nSPS) is 37.9. The van der Waals surface area contributed by atoms with Crippen molar-refractivity contribution < 1.29 is 9.90 Å². The largest absolute Gasteiger partial charge is 0.481 e. The molecular weight excluding hydrogens is 94.0 g/mol. The number of carbonyl (C=O) groups is 1. The molecule has 1 aliphatic carbocycles. The minimum Gasteiger partial charge on any atom is -0.481 e. The van der Waals surface area contributed by atoms with Gasteiger partial charge in [0.05, 0.1) is 5.92 Å². The van der Waals surface area contributed by atoms with Crippen LogP contribution in [0.4, 0.5) is 0 Å². The summed E-state index contributed by atoms with van der Waals surface area (Å²) in [5.41, 5.74) is 5.19. The molecule has 3 N–H and O–H groups in total. The van der Waals surface area contributed by atoms with Crippen LogP contribution < -0.4 is 5.73 Å². The molecule has 0 saturated heterocycles. The van der Waals surface area contributed by atoms with Crippen molar-refractivity contribution in [2.24, 2.45) is 11.7 Å². The zero-order valence-electron chi connectivity index (χ0n) is 3.79. The van der Waals surface area contributed by atoms with E-state index in [0.717, 1.165) is 0 Å². The van der Waals surface area contributed by atoms with Gasteiger partial charge in [0.25, 0.3) is 0 Å². The Morgan fingerprint density at radius 3 is 2.29 bits per heavy atom. The van der Waals surface area contributed by atoms with Gasteiger partial charge in [0, 0.05) is 6.04 Å². The highest BCUT2D eigenvalue weighted by atomic mass is 16.4. The topological polar surface area (TPSA) is 63.3 Å². The van der Waals surface area contributed by atoms with E-state index in [2.05, 4.69) is 0 Å². The van der Waals surface area contributed by atoms with Gasteiger partial charge in [-0.05, 0) is 6.42 Å². The first-order valence-electron chi connectivity index (χ1n) is 2.20. The lowest BCUT2D eigenvalue weighted by Gasteiger charge is -1.80. The molecule has 1 fully saturated rings. The third-order valence-electron chi connectivity index (χ3n) is 1.16. The molecular formula is C4H7NO2. The highest BCUT2D eigenvalue weighted by Gasteiger charge is 2.39. The Morgan fingerprint density at radius 1 is 1.86 bits per heavy atom. The molecule has 0 radical (unpaired) electrons. The second kappa shape index (κ2) is 1.20. The Hall–Kier alpha value is -0.570. The molecule has 0 aliphatic heterocycles. The maximum absolute atomic E-state index is 9.89. The molecule has 7 heavy (non-hydrogen) atoms. The second-order valence-electron chi connectivity index (χ2n) is 1.84. The van der Waals surface area contributed by atoms with E-state index in [1.54, 1.807) is 0 Å². The summed E-state index contributed by atoms with van der Waals surface area (Å²) < 4.78 is 0. The smallest absolute Gasteiger partial charge is 0.308 e. The van der Waals surface area contributed by atoms with Gasteiger partial charge in [-0.3, -0.25) is 4.79 Å². The van der Waals surface area contributed by atoms with Crippen LogP contribution in [0.2, 0.25) is 0 Å². The molecule has 1 saturated carbocycles. The summed E-state index contributed by atoms with van der Waals surface area (Å²) in [6.45, 7) is 0. The van der Waals surface area contributed by atoms with Crippen LogP contribution in [0.15, 0.2) is 0 Å². The zero-order chi connectivity index (χ0) is 5.44. The van der Waals surface area contributed by atoms with Crippen LogP contribution in [0, 0.1) is 5.92 Å². The molecule has 1 aliphatic rings. The molecule has 0 bridgehead atoms. The van der Waals surface area contributed by atoms with Crippen molar-refractivity contribution >= 4 is 5.97 Å². The second-order valence-corrected chi connectivity index (χ2v) is 1.84. The number of carboxylic acid groups (broad SMARTS) is 1. The monoisotopic (exact) mass is 101 g/mol. The van der Waals surface area contributed by atoms with Crippen LogP contribution >= 0.6 is 0 Å². The third-order valence-corrected chi connectivity index (χ3v) is 1.16. The molecule has 0 aromatic carbocycles. The van der Waals surface area contributed by atoms with Gasteiger partial charge in [-0.25, -0.2) is 0 Å². The van der Waals surface area contributed by atoms with Crippen molar-refractivity contribution in [3.8, 4) is 0 Å². The number of aliphatic carboxylic acids is 1. The third kappa shape index (κ3) is 0.718. The number of hydrogen-bond donors (Lipinski definition) is 2. The molecule has 0 unspecified atom stereocenters. The van der Waals surface area contributed by atoms with Crippen LogP contribution in [0.25, 0.3) is 0 Å². The van der Waals surface area contributed by atoms with Gasteiger partial charge in [-0.1, -0.05) is 0 Å². The lowest BCUT2D eigenvalue weighted by molar-refractivity contribution is -0.138. The standard InChI is InChI=1S/C4H7NO2/c5-3-1-2(3)4(6)7/h2-3H,1,5H2,(H,6,7)/t2-,3+/m0/s1. The highest BCUT2D eigenvalue weighted by Crippen LogP contribution is 2.27. The molecule has 3 heteroatoms. The van der Waals surface area contributed by atoms with Crippen molar-refractivity contribution in [1.82, 2.24) is 0 Å². The summed E-state index contributed by atoms with van der Waals surface area (Å²) in [5, 5.41) is 8.14. The molecule has 0 aromatic heterocycles. The van der Waals surface area contributed by atoms with Crippen molar-refractivity contribution in [1.29, 1.82) is 0 Å². The van der Waals surface area contributed by atoms with E-state index in [9.17, 15) is 4.79 Å². The molecule has 40 valence electrons. The van der Waals surface area contributed by atoms with Gasteiger partial charge in [-0.2, -0.15) is 0 Å². The first-order chi connectivity index (χ1) is 3.22. The van der Waals surface area contributed by atoms with Crippen molar-refractivity contribution in [2.45, 2.75) is 12.5 Å². The lowest BCUT2D eigenvalue weighted by atomic mass is 10.4. The van der Waals surface area contributed by atoms with Crippen LogP contribution in [-0.4, -0.2) is 17.1 Å². The fourth-order valence-corrected chi connectivity index (χ4v) is 0.499. The van der Waals surface area contributed by atoms with Gasteiger partial charge >= 0.3 is 5.97 Å². The average Bonchev–Trinajstić information content (AvgIpc) is 2.17. The molecule has 2 atom stereocenters. The molecule has 0 amide bonds. The predicted octanol–water partition coefficient (Wildman–Crippen LogP) is -0.582. The molecule has 0 spiro atoms. The molecule has 3 nitrogen and oxygen atoms in total. The number of nitrogens with two attached hydrogens (primary N) is 1. The predicted molar refractivity (Wildman–Crippen MR) is 23.7 cm³/mol. The van der Waals surface area contributed by atoms with E-state index >= 15 is 0 Å². The van der Waals surface area contributed by atoms with Crippen LogP contribution in [0.5, 0.6) is 0 Å². The SMILES string of the molecule is N[C@@H]1C[C@@H]1C(=O)O. The Kier molecular flexibility index (Phi) is 0.785. The number of hydrogen-bond acceptors (Lipinski definition) is 2. The Balaban J connectivity index is 2.33. The summed E-state index contributed by atoms with van der Waals surface area (Å²) in [6.07, 6.45) is 0.662. The summed E-state index contributed by atoms with van der Waals surface area (Å²) in [5.74, 6) is -0.993.